The second-order valence-corrected chi connectivity index (χ2v) is 4.29. The van der Waals surface area contributed by atoms with E-state index >= 15 is 0 Å². The van der Waals surface area contributed by atoms with Gasteiger partial charge in [0.2, 0.25) is 0 Å². The summed E-state index contributed by atoms with van der Waals surface area (Å²) < 4.78 is 20.0. The second-order valence-electron chi connectivity index (χ2n) is 4.29. The third kappa shape index (κ3) is 3.67. The Labute approximate surface area is 100 Å². The number of esters is 2. The van der Waals surface area contributed by atoms with Gasteiger partial charge in [-0.15, -0.1) is 0 Å². The maximum absolute atomic E-state index is 11.4. The quantitative estimate of drug-likeness (QED) is 0.531. The number of hydrogen-bond donors (Lipinski definition) is 0. The van der Waals surface area contributed by atoms with Crippen LogP contribution in [0.25, 0.3) is 0 Å². The minimum atomic E-state index is -0.965. The Morgan fingerprint density at radius 1 is 1.29 bits per heavy atom. The summed E-state index contributed by atoms with van der Waals surface area (Å²) in [5, 5.41) is 0. The fourth-order valence-electron chi connectivity index (χ4n) is 1.72. The van der Waals surface area contributed by atoms with E-state index in [1.165, 1.54) is 14.2 Å². The summed E-state index contributed by atoms with van der Waals surface area (Å²) in [5.74, 6) is -2.88. The highest BCUT2D eigenvalue weighted by atomic mass is 16.7. The lowest BCUT2D eigenvalue weighted by atomic mass is 10.0. The van der Waals surface area contributed by atoms with Crippen LogP contribution in [0.2, 0.25) is 0 Å². The SMILES string of the molecule is COC(=O)C(C[C@@H]1COC(C)(C)O1)C(=O)OC. The molecule has 0 radical (unpaired) electrons. The predicted octanol–water partition coefficient (Wildman–Crippen LogP) is 0.490. The molecule has 1 saturated heterocycles. The van der Waals surface area contributed by atoms with Crippen molar-refractivity contribution in [2.24, 2.45) is 5.92 Å². The molecule has 0 aromatic carbocycles. The smallest absolute Gasteiger partial charge is 0.320 e. The summed E-state index contributed by atoms with van der Waals surface area (Å²) in [5.41, 5.74) is 0. The number of hydrogen-bond acceptors (Lipinski definition) is 6. The van der Waals surface area contributed by atoms with Crippen molar-refractivity contribution in [3.05, 3.63) is 0 Å². The zero-order chi connectivity index (χ0) is 13.1. The number of rotatable bonds is 4. The molecule has 0 aromatic rings. The monoisotopic (exact) mass is 246 g/mol. The molecule has 1 rings (SSSR count). The van der Waals surface area contributed by atoms with E-state index in [0.29, 0.717) is 6.61 Å². The largest absolute Gasteiger partial charge is 0.468 e. The van der Waals surface area contributed by atoms with E-state index in [-0.39, 0.29) is 12.5 Å². The van der Waals surface area contributed by atoms with Gasteiger partial charge in [0.25, 0.3) is 0 Å². The summed E-state index contributed by atoms with van der Waals surface area (Å²) >= 11 is 0. The van der Waals surface area contributed by atoms with E-state index < -0.39 is 23.6 Å². The van der Waals surface area contributed by atoms with Crippen LogP contribution in [0.3, 0.4) is 0 Å². The first-order chi connectivity index (χ1) is 7.89. The van der Waals surface area contributed by atoms with Gasteiger partial charge in [-0.1, -0.05) is 0 Å². The Hall–Kier alpha value is -1.14. The Morgan fingerprint density at radius 2 is 1.82 bits per heavy atom. The number of methoxy groups -OCH3 is 2. The summed E-state index contributed by atoms with van der Waals surface area (Å²) in [6.45, 7) is 3.90. The molecule has 1 atom stereocenters. The molecule has 1 aliphatic heterocycles. The van der Waals surface area contributed by atoms with E-state index in [0.717, 1.165) is 0 Å². The maximum Gasteiger partial charge on any atom is 0.320 e. The van der Waals surface area contributed by atoms with Gasteiger partial charge in [-0.05, 0) is 20.3 Å². The highest BCUT2D eigenvalue weighted by Crippen LogP contribution is 2.26. The van der Waals surface area contributed by atoms with Gasteiger partial charge in [-0.2, -0.15) is 0 Å². The normalized spacial score (nSPS) is 22.5. The molecule has 0 amide bonds. The molecule has 1 fully saturated rings. The Morgan fingerprint density at radius 3 is 2.18 bits per heavy atom. The molecule has 0 aliphatic carbocycles. The summed E-state index contributed by atoms with van der Waals surface area (Å²) in [4.78, 5) is 22.9. The van der Waals surface area contributed by atoms with Gasteiger partial charge in [0.1, 0.15) is 0 Å². The number of carbonyl (C=O) groups is 2. The van der Waals surface area contributed by atoms with Crippen molar-refractivity contribution in [3.63, 3.8) is 0 Å². The first-order valence-corrected chi connectivity index (χ1v) is 5.37. The fraction of sp³-hybridized carbons (Fsp3) is 0.818. The standard InChI is InChI=1S/C11H18O6/c1-11(2)16-6-7(17-11)5-8(9(12)14-3)10(13)15-4/h7-8H,5-6H2,1-4H3/t7-/m1/s1. The Bertz CT molecular complexity index is 282. The Kier molecular flexibility index (Phi) is 4.47. The van der Waals surface area contributed by atoms with Gasteiger partial charge in [0.15, 0.2) is 11.7 Å². The zero-order valence-electron chi connectivity index (χ0n) is 10.5. The lowest BCUT2D eigenvalue weighted by molar-refractivity contribution is -0.164. The van der Waals surface area contributed by atoms with Crippen molar-refractivity contribution < 1.29 is 28.5 Å². The molecule has 17 heavy (non-hydrogen) atoms. The van der Waals surface area contributed by atoms with Crippen molar-refractivity contribution in [1.29, 1.82) is 0 Å². The molecule has 1 aliphatic rings. The molecule has 6 heteroatoms. The third-order valence-corrected chi connectivity index (χ3v) is 2.54. The molecule has 0 N–H and O–H groups in total. The first kappa shape index (κ1) is 13.9. The maximum atomic E-state index is 11.4. The second kappa shape index (κ2) is 5.46. The van der Waals surface area contributed by atoms with Gasteiger partial charge >= 0.3 is 11.9 Å². The Balaban J connectivity index is 2.61. The van der Waals surface area contributed by atoms with Crippen LogP contribution in [-0.2, 0) is 28.5 Å². The van der Waals surface area contributed by atoms with Crippen LogP contribution < -0.4 is 0 Å². The third-order valence-electron chi connectivity index (χ3n) is 2.54. The zero-order valence-corrected chi connectivity index (χ0v) is 10.5. The van der Waals surface area contributed by atoms with Gasteiger partial charge in [-0.3, -0.25) is 9.59 Å². The minimum absolute atomic E-state index is 0.197. The van der Waals surface area contributed by atoms with E-state index in [1.54, 1.807) is 13.8 Å². The molecule has 0 unspecified atom stereocenters. The van der Waals surface area contributed by atoms with Gasteiger partial charge in [-0.25, -0.2) is 0 Å². The molecule has 0 aromatic heterocycles. The minimum Gasteiger partial charge on any atom is -0.468 e. The average Bonchev–Trinajstić information content (AvgIpc) is 2.63. The molecule has 0 spiro atoms. The molecule has 6 nitrogen and oxygen atoms in total. The summed E-state index contributed by atoms with van der Waals surface area (Å²) in [6, 6.07) is 0. The lowest BCUT2D eigenvalue weighted by Gasteiger charge is -2.19. The topological polar surface area (TPSA) is 71.1 Å². The number of carbonyl (C=O) groups excluding carboxylic acids is 2. The molecular weight excluding hydrogens is 228 g/mol. The van der Waals surface area contributed by atoms with E-state index in [4.69, 9.17) is 9.47 Å². The predicted molar refractivity (Wildman–Crippen MR) is 57.0 cm³/mol. The van der Waals surface area contributed by atoms with Crippen molar-refractivity contribution in [3.8, 4) is 0 Å². The molecule has 0 bridgehead atoms. The van der Waals surface area contributed by atoms with E-state index in [2.05, 4.69) is 9.47 Å². The van der Waals surface area contributed by atoms with Crippen LogP contribution in [0, 0.1) is 5.92 Å². The van der Waals surface area contributed by atoms with E-state index in [9.17, 15) is 9.59 Å². The number of ether oxygens (including phenoxy) is 4. The summed E-state index contributed by atoms with van der Waals surface area (Å²) in [7, 11) is 2.46. The first-order valence-electron chi connectivity index (χ1n) is 5.37. The molecule has 98 valence electrons. The van der Waals surface area contributed by atoms with Crippen molar-refractivity contribution in [1.82, 2.24) is 0 Å². The van der Waals surface area contributed by atoms with Crippen LogP contribution in [0.1, 0.15) is 20.3 Å². The van der Waals surface area contributed by atoms with Crippen LogP contribution in [0.15, 0.2) is 0 Å². The highest BCUT2D eigenvalue weighted by Gasteiger charge is 2.38. The summed E-state index contributed by atoms with van der Waals surface area (Å²) in [6.07, 6.45) is -0.115. The average molecular weight is 246 g/mol. The fourth-order valence-corrected chi connectivity index (χ4v) is 1.72. The van der Waals surface area contributed by atoms with Crippen molar-refractivity contribution >= 4 is 11.9 Å². The highest BCUT2D eigenvalue weighted by molar-refractivity contribution is 5.94. The van der Waals surface area contributed by atoms with Crippen LogP contribution >= 0.6 is 0 Å². The van der Waals surface area contributed by atoms with Crippen LogP contribution in [0.4, 0.5) is 0 Å². The van der Waals surface area contributed by atoms with Gasteiger partial charge in [0.05, 0.1) is 26.9 Å². The molecule has 1 heterocycles. The molecule has 0 saturated carbocycles. The van der Waals surface area contributed by atoms with Crippen LogP contribution in [0.5, 0.6) is 0 Å². The van der Waals surface area contributed by atoms with Gasteiger partial charge in [0, 0.05) is 0 Å². The van der Waals surface area contributed by atoms with Crippen LogP contribution in [-0.4, -0.2) is 44.7 Å². The van der Waals surface area contributed by atoms with Crippen molar-refractivity contribution in [2.45, 2.75) is 32.2 Å². The van der Waals surface area contributed by atoms with Crippen molar-refractivity contribution in [2.75, 3.05) is 20.8 Å². The van der Waals surface area contributed by atoms with E-state index in [1.807, 2.05) is 0 Å². The van der Waals surface area contributed by atoms with Gasteiger partial charge < -0.3 is 18.9 Å². The lowest BCUT2D eigenvalue weighted by Crippen LogP contribution is -2.31. The molecular formula is C11H18O6.